The summed E-state index contributed by atoms with van der Waals surface area (Å²) in [7, 11) is -1.72. The summed E-state index contributed by atoms with van der Waals surface area (Å²) in [6.45, 7) is 1.80. The van der Waals surface area contributed by atoms with Crippen LogP contribution in [-0.2, 0) is 32.3 Å². The van der Waals surface area contributed by atoms with Gasteiger partial charge in [-0.1, -0.05) is 17.3 Å². The van der Waals surface area contributed by atoms with Crippen molar-refractivity contribution < 1.29 is 17.1 Å². The molecule has 0 aliphatic rings. The largest absolute Gasteiger partial charge is 0.360 e. The second kappa shape index (κ2) is 6.72. The summed E-state index contributed by atoms with van der Waals surface area (Å²) in [6, 6.07) is 8.24. The third kappa shape index (κ3) is 4.02. The Bertz CT molecular complexity index is 782. The number of nitrogens with zero attached hydrogens (tertiary/aromatic N) is 2. The zero-order chi connectivity index (χ0) is 16.3. The summed E-state index contributed by atoms with van der Waals surface area (Å²) < 4.78 is 42.5. The summed E-state index contributed by atoms with van der Waals surface area (Å²) in [5.74, 6) is 1.08. The smallest absolute Gasteiger partial charge is 0.242 e. The monoisotopic (exact) mass is 342 g/mol. The van der Waals surface area contributed by atoms with Crippen molar-refractivity contribution in [1.29, 1.82) is 0 Å². The summed E-state index contributed by atoms with van der Waals surface area (Å²) in [5, 5.41) is 3.75. The first-order valence-corrected chi connectivity index (χ1v) is 9.50. The van der Waals surface area contributed by atoms with Crippen LogP contribution in [0.1, 0.15) is 17.0 Å². The summed E-state index contributed by atoms with van der Waals surface area (Å²) >= 11 is 0. The van der Waals surface area contributed by atoms with Gasteiger partial charge >= 0.3 is 0 Å². The first-order valence-electron chi connectivity index (χ1n) is 6.57. The van der Waals surface area contributed by atoms with Crippen molar-refractivity contribution in [3.8, 4) is 0 Å². The topological polar surface area (TPSA) is 80.5 Å². The van der Waals surface area contributed by atoms with Crippen LogP contribution in [0.25, 0.3) is 0 Å². The summed E-state index contributed by atoms with van der Waals surface area (Å²) in [5.41, 5.74) is 1.45. The fraction of sp³-hybridized carbons (Fsp3) is 0.357. The Morgan fingerprint density at radius 2 is 1.95 bits per heavy atom. The molecule has 0 aliphatic heterocycles. The van der Waals surface area contributed by atoms with Gasteiger partial charge in [0.1, 0.15) is 5.76 Å². The lowest BCUT2D eigenvalue weighted by Crippen LogP contribution is -2.22. The van der Waals surface area contributed by atoms with Crippen molar-refractivity contribution in [2.24, 2.45) is 0 Å². The maximum Gasteiger partial charge on any atom is 0.242 e. The lowest BCUT2D eigenvalue weighted by molar-refractivity contribution is 0.390. The molecule has 6 nitrogen and oxygen atoms in total. The molecule has 0 spiro atoms. The first-order chi connectivity index (χ1) is 10.3. The van der Waals surface area contributed by atoms with Crippen molar-refractivity contribution in [2.45, 2.75) is 23.3 Å². The Morgan fingerprint density at radius 3 is 2.55 bits per heavy atom. The van der Waals surface area contributed by atoms with Crippen molar-refractivity contribution >= 4 is 20.8 Å². The van der Waals surface area contributed by atoms with E-state index >= 15 is 0 Å². The van der Waals surface area contributed by atoms with E-state index in [0.29, 0.717) is 11.3 Å². The first kappa shape index (κ1) is 16.9. The van der Waals surface area contributed by atoms with Gasteiger partial charge in [0.25, 0.3) is 0 Å². The molecule has 0 saturated heterocycles. The Labute approximate surface area is 132 Å². The second-order valence-corrected chi connectivity index (χ2v) is 8.71. The molecular weight excluding hydrogens is 324 g/mol. The van der Waals surface area contributed by atoms with E-state index in [1.54, 1.807) is 31.2 Å². The summed E-state index contributed by atoms with van der Waals surface area (Å²) in [4.78, 5) is 0.197. The van der Waals surface area contributed by atoms with Crippen LogP contribution in [0.3, 0.4) is 0 Å². The Morgan fingerprint density at radius 1 is 1.23 bits per heavy atom. The van der Waals surface area contributed by atoms with Gasteiger partial charge in [-0.05, 0) is 24.6 Å². The lowest BCUT2D eigenvalue weighted by atomic mass is 10.2. The molecule has 2 aromatic rings. The van der Waals surface area contributed by atoms with Gasteiger partial charge < -0.3 is 4.52 Å². The van der Waals surface area contributed by atoms with Crippen molar-refractivity contribution in [3.63, 3.8) is 0 Å². The van der Waals surface area contributed by atoms with Crippen molar-refractivity contribution in [3.05, 3.63) is 47.3 Å². The van der Waals surface area contributed by atoms with Gasteiger partial charge in [-0.2, -0.15) is 0 Å². The quantitative estimate of drug-likeness (QED) is 0.798. The molecule has 0 fully saturated rings. The van der Waals surface area contributed by atoms with Crippen LogP contribution in [0.15, 0.2) is 39.8 Å². The minimum Gasteiger partial charge on any atom is -0.360 e. The molecule has 1 heterocycles. The van der Waals surface area contributed by atoms with Crippen LogP contribution >= 0.6 is 0 Å². The number of aryl methyl sites for hydroxylation is 1. The third-order valence-corrected chi connectivity index (χ3v) is 6.06. The maximum atomic E-state index is 12.1. The van der Waals surface area contributed by atoms with Crippen LogP contribution < -0.4 is 0 Å². The Balaban J connectivity index is 2.12. The summed E-state index contributed by atoms with van der Waals surface area (Å²) in [6.07, 6.45) is 0. The SMILES string of the molecule is Cc1cc(C[S@@](=O)Cc2cccc(S(=O)(=O)N(C)C)c2)on1. The van der Waals surface area contributed by atoms with Gasteiger partial charge in [0.15, 0.2) is 0 Å². The molecule has 22 heavy (non-hydrogen) atoms. The maximum absolute atomic E-state index is 12.1. The van der Waals surface area contributed by atoms with E-state index in [2.05, 4.69) is 5.16 Å². The second-order valence-electron chi connectivity index (χ2n) is 5.10. The highest BCUT2D eigenvalue weighted by molar-refractivity contribution is 7.89. The molecule has 0 aliphatic carbocycles. The molecule has 1 aromatic heterocycles. The average Bonchev–Trinajstić information content (AvgIpc) is 2.84. The number of benzene rings is 1. The molecule has 1 aromatic carbocycles. The minimum atomic E-state index is -3.48. The molecule has 0 amide bonds. The molecule has 0 saturated carbocycles. The van der Waals surface area contributed by atoms with Crippen molar-refractivity contribution in [1.82, 2.24) is 9.46 Å². The van der Waals surface area contributed by atoms with E-state index in [9.17, 15) is 12.6 Å². The van der Waals surface area contributed by atoms with Gasteiger partial charge in [-0.25, -0.2) is 12.7 Å². The van der Waals surface area contributed by atoms with Crippen LogP contribution in [-0.4, -0.2) is 36.2 Å². The van der Waals surface area contributed by atoms with E-state index in [1.807, 2.05) is 0 Å². The fourth-order valence-electron chi connectivity index (χ4n) is 1.89. The number of aromatic nitrogens is 1. The molecule has 0 radical (unpaired) electrons. The molecule has 0 bridgehead atoms. The fourth-order valence-corrected chi connectivity index (χ4v) is 3.97. The van der Waals surface area contributed by atoms with Gasteiger partial charge in [-0.3, -0.25) is 4.21 Å². The van der Waals surface area contributed by atoms with Crippen LogP contribution in [0, 0.1) is 6.92 Å². The molecule has 0 unspecified atom stereocenters. The van der Waals surface area contributed by atoms with Gasteiger partial charge in [0.05, 0.1) is 16.3 Å². The number of hydrogen-bond donors (Lipinski definition) is 0. The minimum absolute atomic E-state index is 0.197. The van der Waals surface area contributed by atoms with E-state index in [1.165, 1.54) is 20.2 Å². The van der Waals surface area contributed by atoms with Crippen LogP contribution in [0.5, 0.6) is 0 Å². The van der Waals surface area contributed by atoms with Crippen molar-refractivity contribution in [2.75, 3.05) is 14.1 Å². The lowest BCUT2D eigenvalue weighted by Gasteiger charge is -2.12. The van der Waals surface area contributed by atoms with E-state index in [4.69, 9.17) is 4.52 Å². The highest BCUT2D eigenvalue weighted by Crippen LogP contribution is 2.17. The molecule has 1 atom stereocenters. The normalized spacial score (nSPS) is 13.5. The third-order valence-electron chi connectivity index (χ3n) is 2.98. The van der Waals surface area contributed by atoms with Gasteiger partial charge in [0.2, 0.25) is 10.0 Å². The molecule has 8 heteroatoms. The predicted octanol–water partition coefficient (Wildman–Crippen LogP) is 1.68. The highest BCUT2D eigenvalue weighted by Gasteiger charge is 2.17. The number of hydrogen-bond acceptors (Lipinski definition) is 5. The van der Waals surface area contributed by atoms with E-state index < -0.39 is 20.8 Å². The zero-order valence-electron chi connectivity index (χ0n) is 12.6. The number of rotatable bonds is 6. The van der Waals surface area contributed by atoms with Gasteiger partial charge in [-0.15, -0.1) is 0 Å². The molecule has 2 rings (SSSR count). The Kier molecular flexibility index (Phi) is 5.15. The van der Waals surface area contributed by atoms with Gasteiger partial charge in [0, 0.05) is 36.7 Å². The molecule has 0 N–H and O–H groups in total. The molecule has 120 valence electrons. The average molecular weight is 342 g/mol. The van der Waals surface area contributed by atoms with E-state index in [0.717, 1.165) is 10.00 Å². The zero-order valence-corrected chi connectivity index (χ0v) is 14.3. The number of sulfonamides is 1. The van der Waals surface area contributed by atoms with Crippen LogP contribution in [0.4, 0.5) is 0 Å². The highest BCUT2D eigenvalue weighted by atomic mass is 32.2. The molecular formula is C14H18N2O4S2. The predicted molar refractivity (Wildman–Crippen MR) is 84.1 cm³/mol. The van der Waals surface area contributed by atoms with E-state index in [-0.39, 0.29) is 16.4 Å². The standard InChI is InChI=1S/C14H18N2O4S2/c1-11-7-13(20-15-11)10-21(17)9-12-5-4-6-14(8-12)22(18,19)16(2)3/h4-8H,9-10H2,1-3H3/t21-/m0/s1. The Hall–Kier alpha value is -1.51. The van der Waals surface area contributed by atoms with Crippen LogP contribution in [0.2, 0.25) is 0 Å².